The molecule has 2 rings (SSSR count). The summed E-state index contributed by atoms with van der Waals surface area (Å²) in [6, 6.07) is 13.6. The summed E-state index contributed by atoms with van der Waals surface area (Å²) >= 11 is 12.0. The second kappa shape index (κ2) is 10.3. The first-order chi connectivity index (χ1) is 12.9. The highest BCUT2D eigenvalue weighted by atomic mass is 35.5. The monoisotopic (exact) mass is 406 g/mol. The van der Waals surface area contributed by atoms with Gasteiger partial charge < -0.3 is 10.6 Å². The lowest BCUT2D eigenvalue weighted by Crippen LogP contribution is -2.50. The van der Waals surface area contributed by atoms with Crippen LogP contribution in [-0.2, 0) is 11.2 Å². The second-order valence-electron chi connectivity index (χ2n) is 6.54. The van der Waals surface area contributed by atoms with Gasteiger partial charge >= 0.3 is 0 Å². The van der Waals surface area contributed by atoms with Crippen LogP contribution in [0.5, 0.6) is 0 Å². The minimum atomic E-state index is -0.703. The van der Waals surface area contributed by atoms with Crippen molar-refractivity contribution < 1.29 is 9.59 Å². The van der Waals surface area contributed by atoms with Crippen LogP contribution in [0, 0.1) is 0 Å². The van der Waals surface area contributed by atoms with Gasteiger partial charge in [-0.1, -0.05) is 66.9 Å². The zero-order chi connectivity index (χ0) is 19.8. The van der Waals surface area contributed by atoms with Crippen LogP contribution in [0.25, 0.3) is 0 Å². The Morgan fingerprint density at radius 2 is 1.74 bits per heavy atom. The van der Waals surface area contributed by atoms with Crippen molar-refractivity contribution in [1.29, 1.82) is 0 Å². The van der Waals surface area contributed by atoms with Crippen molar-refractivity contribution in [3.05, 3.63) is 69.7 Å². The van der Waals surface area contributed by atoms with Crippen LogP contribution in [0.2, 0.25) is 10.0 Å². The Hall–Kier alpha value is -2.04. The molecule has 0 aromatic heterocycles. The van der Waals surface area contributed by atoms with Crippen LogP contribution in [0.1, 0.15) is 42.6 Å². The molecule has 0 heterocycles. The van der Waals surface area contributed by atoms with Crippen molar-refractivity contribution >= 4 is 35.0 Å². The molecule has 2 N–H and O–H groups in total. The number of hydrogen-bond donors (Lipinski definition) is 2. The molecule has 0 radical (unpaired) electrons. The van der Waals surface area contributed by atoms with E-state index in [0.29, 0.717) is 11.4 Å². The summed E-state index contributed by atoms with van der Waals surface area (Å²) in [7, 11) is 0. The van der Waals surface area contributed by atoms with Crippen molar-refractivity contribution in [1.82, 2.24) is 10.6 Å². The van der Waals surface area contributed by atoms with E-state index in [2.05, 4.69) is 17.6 Å². The molecule has 0 unspecified atom stereocenters. The van der Waals surface area contributed by atoms with Gasteiger partial charge in [-0.2, -0.15) is 0 Å². The summed E-state index contributed by atoms with van der Waals surface area (Å²) in [6.45, 7) is 4.02. The minimum Gasteiger partial charge on any atom is -0.352 e. The Morgan fingerprint density at radius 3 is 2.37 bits per heavy atom. The SMILES string of the molecule is CCC[C@@H](C)NC(=O)[C@@H](Cc1ccccc1)NC(=O)c1ccc(Cl)cc1Cl. The summed E-state index contributed by atoms with van der Waals surface area (Å²) in [5.41, 5.74) is 1.25. The highest BCUT2D eigenvalue weighted by Crippen LogP contribution is 2.21. The first kappa shape index (κ1) is 21.3. The molecule has 144 valence electrons. The molecule has 0 aliphatic carbocycles. The van der Waals surface area contributed by atoms with Gasteiger partial charge in [0.2, 0.25) is 5.91 Å². The average molecular weight is 407 g/mol. The Labute approximate surface area is 170 Å². The fraction of sp³-hybridized carbons (Fsp3) is 0.333. The largest absolute Gasteiger partial charge is 0.352 e. The average Bonchev–Trinajstić information content (AvgIpc) is 2.62. The van der Waals surface area contributed by atoms with Crippen LogP contribution in [0.3, 0.4) is 0 Å². The van der Waals surface area contributed by atoms with Gasteiger partial charge in [-0.05, 0) is 37.1 Å². The molecule has 2 aromatic carbocycles. The molecular formula is C21H24Cl2N2O2. The zero-order valence-electron chi connectivity index (χ0n) is 15.5. The van der Waals surface area contributed by atoms with Crippen molar-refractivity contribution in [3.63, 3.8) is 0 Å². The summed E-state index contributed by atoms with van der Waals surface area (Å²) < 4.78 is 0. The maximum atomic E-state index is 12.8. The summed E-state index contributed by atoms with van der Waals surface area (Å²) in [4.78, 5) is 25.4. The van der Waals surface area contributed by atoms with Gasteiger partial charge in [0.25, 0.3) is 5.91 Å². The third-order valence-electron chi connectivity index (χ3n) is 4.19. The molecule has 0 bridgehead atoms. The van der Waals surface area contributed by atoms with E-state index in [4.69, 9.17) is 23.2 Å². The Morgan fingerprint density at radius 1 is 1.04 bits per heavy atom. The molecule has 4 nitrogen and oxygen atoms in total. The lowest BCUT2D eigenvalue weighted by Gasteiger charge is -2.22. The van der Waals surface area contributed by atoms with E-state index in [1.165, 1.54) is 6.07 Å². The second-order valence-corrected chi connectivity index (χ2v) is 7.38. The third-order valence-corrected chi connectivity index (χ3v) is 4.74. The molecule has 0 saturated carbocycles. The first-order valence-corrected chi connectivity index (χ1v) is 9.76. The molecule has 0 spiro atoms. The van der Waals surface area contributed by atoms with E-state index in [0.717, 1.165) is 18.4 Å². The van der Waals surface area contributed by atoms with E-state index >= 15 is 0 Å². The quantitative estimate of drug-likeness (QED) is 0.670. The molecule has 2 amide bonds. The summed E-state index contributed by atoms with van der Waals surface area (Å²) in [5.74, 6) is -0.617. The molecule has 0 aliphatic heterocycles. The fourth-order valence-corrected chi connectivity index (χ4v) is 3.31. The number of nitrogens with one attached hydrogen (secondary N) is 2. The van der Waals surface area contributed by atoms with Crippen molar-refractivity contribution in [3.8, 4) is 0 Å². The molecular weight excluding hydrogens is 383 g/mol. The number of halogens is 2. The molecule has 2 atom stereocenters. The van der Waals surface area contributed by atoms with E-state index in [1.54, 1.807) is 12.1 Å². The lowest BCUT2D eigenvalue weighted by atomic mass is 10.0. The van der Waals surface area contributed by atoms with Crippen LogP contribution in [-0.4, -0.2) is 23.9 Å². The Bertz CT molecular complexity index is 781. The van der Waals surface area contributed by atoms with E-state index in [9.17, 15) is 9.59 Å². The molecule has 0 aliphatic rings. The highest BCUT2D eigenvalue weighted by Gasteiger charge is 2.24. The predicted octanol–water partition coefficient (Wildman–Crippen LogP) is 4.64. The van der Waals surface area contributed by atoms with Crippen molar-refractivity contribution in [2.24, 2.45) is 0 Å². The number of benzene rings is 2. The van der Waals surface area contributed by atoms with Gasteiger partial charge in [0.15, 0.2) is 0 Å². The van der Waals surface area contributed by atoms with E-state index in [1.807, 2.05) is 37.3 Å². The van der Waals surface area contributed by atoms with Crippen LogP contribution in [0.15, 0.2) is 48.5 Å². The van der Waals surface area contributed by atoms with Crippen molar-refractivity contribution in [2.45, 2.75) is 45.2 Å². The van der Waals surface area contributed by atoms with Crippen LogP contribution < -0.4 is 10.6 Å². The van der Waals surface area contributed by atoms with Gasteiger partial charge in [0, 0.05) is 17.5 Å². The number of amides is 2. The summed E-state index contributed by atoms with van der Waals surface area (Å²) in [5, 5.41) is 6.48. The molecule has 6 heteroatoms. The molecule has 2 aromatic rings. The van der Waals surface area contributed by atoms with Gasteiger partial charge in [-0.25, -0.2) is 0 Å². The van der Waals surface area contributed by atoms with Gasteiger partial charge in [-0.15, -0.1) is 0 Å². The maximum Gasteiger partial charge on any atom is 0.253 e. The van der Waals surface area contributed by atoms with Crippen LogP contribution >= 0.6 is 23.2 Å². The van der Waals surface area contributed by atoms with Gasteiger partial charge in [-0.3, -0.25) is 9.59 Å². The number of carbonyl (C=O) groups is 2. The molecule has 27 heavy (non-hydrogen) atoms. The smallest absolute Gasteiger partial charge is 0.253 e. The van der Waals surface area contributed by atoms with Gasteiger partial charge in [0.1, 0.15) is 6.04 Å². The number of rotatable bonds is 8. The summed E-state index contributed by atoms with van der Waals surface area (Å²) in [6.07, 6.45) is 2.24. The third kappa shape index (κ3) is 6.56. The van der Waals surface area contributed by atoms with E-state index < -0.39 is 11.9 Å². The minimum absolute atomic E-state index is 0.0387. The van der Waals surface area contributed by atoms with Gasteiger partial charge in [0.05, 0.1) is 10.6 Å². The first-order valence-electron chi connectivity index (χ1n) is 9.01. The van der Waals surface area contributed by atoms with E-state index in [-0.39, 0.29) is 22.5 Å². The fourth-order valence-electron chi connectivity index (χ4n) is 2.82. The normalized spacial score (nSPS) is 12.9. The molecule has 0 fully saturated rings. The predicted molar refractivity (Wildman–Crippen MR) is 110 cm³/mol. The zero-order valence-corrected chi connectivity index (χ0v) is 17.0. The van der Waals surface area contributed by atoms with Crippen LogP contribution in [0.4, 0.5) is 0 Å². The maximum absolute atomic E-state index is 12.8. The highest BCUT2D eigenvalue weighted by molar-refractivity contribution is 6.36. The number of carbonyl (C=O) groups excluding carboxylic acids is 2. The lowest BCUT2D eigenvalue weighted by molar-refractivity contribution is -0.123. The molecule has 0 saturated heterocycles. The van der Waals surface area contributed by atoms with Crippen molar-refractivity contribution in [2.75, 3.05) is 0 Å². The standard InChI is InChI=1S/C21H24Cl2N2O2/c1-3-7-14(2)24-21(27)19(12-15-8-5-4-6-9-15)25-20(26)17-11-10-16(22)13-18(17)23/h4-6,8-11,13-14,19H,3,7,12H2,1-2H3,(H,24,27)(H,25,26)/t14-,19-/m1/s1. The Balaban J connectivity index is 2.17. The topological polar surface area (TPSA) is 58.2 Å². The Kier molecular flexibility index (Phi) is 8.14. The number of hydrogen-bond acceptors (Lipinski definition) is 2.